The Morgan fingerprint density at radius 3 is 2.86 bits per heavy atom. The van der Waals surface area contributed by atoms with Gasteiger partial charge in [-0.25, -0.2) is 9.48 Å². The monoisotopic (exact) mass is 291 g/mol. The molecule has 2 N–H and O–H groups in total. The molecule has 2 aromatic rings. The number of hydrogen-bond donors (Lipinski definition) is 2. The molecule has 1 aromatic heterocycles. The Balaban J connectivity index is 1.93. The van der Waals surface area contributed by atoms with Gasteiger partial charge in [0, 0.05) is 24.4 Å². The molecule has 0 atom stereocenters. The molecule has 9 heteroatoms. The summed E-state index contributed by atoms with van der Waals surface area (Å²) in [6.45, 7) is 2.69. The summed E-state index contributed by atoms with van der Waals surface area (Å²) in [5.41, 5.74) is 1.47. The molecule has 1 heterocycles. The molecule has 0 aliphatic heterocycles. The van der Waals surface area contributed by atoms with Gasteiger partial charge in [-0.3, -0.25) is 10.1 Å². The summed E-state index contributed by atoms with van der Waals surface area (Å²) >= 11 is 0. The fourth-order valence-corrected chi connectivity index (χ4v) is 1.77. The topological polar surface area (TPSA) is 123 Å². The standard InChI is InChI=1S/C12H13N5O4/c1-8-6-9(17(20)21)2-3-10(8)13-4-5-16-7-11(12(18)19)14-15-16/h2-3,6-7,13H,4-5H2,1H3,(H,18,19). The van der Waals surface area contributed by atoms with Crippen LogP contribution in [0.5, 0.6) is 0 Å². The highest BCUT2D eigenvalue weighted by molar-refractivity contribution is 5.84. The highest BCUT2D eigenvalue weighted by Gasteiger charge is 2.09. The molecule has 0 fully saturated rings. The van der Waals surface area contributed by atoms with E-state index in [-0.39, 0.29) is 11.4 Å². The third-order valence-electron chi connectivity index (χ3n) is 2.83. The van der Waals surface area contributed by atoms with Gasteiger partial charge in [0.15, 0.2) is 5.69 Å². The number of aromatic nitrogens is 3. The molecule has 0 saturated heterocycles. The maximum Gasteiger partial charge on any atom is 0.358 e. The van der Waals surface area contributed by atoms with Crippen molar-refractivity contribution in [3.8, 4) is 0 Å². The van der Waals surface area contributed by atoms with Crippen molar-refractivity contribution in [1.29, 1.82) is 0 Å². The number of nitrogens with one attached hydrogen (secondary N) is 1. The first kappa shape index (κ1) is 14.4. The van der Waals surface area contributed by atoms with Gasteiger partial charge in [0.2, 0.25) is 0 Å². The van der Waals surface area contributed by atoms with Crippen LogP contribution in [-0.2, 0) is 6.54 Å². The number of aromatic carboxylic acids is 1. The molecule has 0 spiro atoms. The van der Waals surface area contributed by atoms with Crippen molar-refractivity contribution in [1.82, 2.24) is 15.0 Å². The number of rotatable bonds is 6. The summed E-state index contributed by atoms with van der Waals surface area (Å²) in [4.78, 5) is 20.8. The van der Waals surface area contributed by atoms with Crippen LogP contribution in [0.1, 0.15) is 16.1 Å². The first-order chi connectivity index (χ1) is 9.97. The van der Waals surface area contributed by atoms with Crippen molar-refractivity contribution in [2.24, 2.45) is 0 Å². The van der Waals surface area contributed by atoms with Crippen molar-refractivity contribution in [2.75, 3.05) is 11.9 Å². The second kappa shape index (κ2) is 5.99. The number of nitrogens with zero attached hydrogens (tertiary/aromatic N) is 4. The minimum absolute atomic E-state index is 0.0421. The number of benzene rings is 1. The van der Waals surface area contributed by atoms with E-state index in [0.717, 1.165) is 11.3 Å². The number of carboxylic acids is 1. The predicted octanol–water partition coefficient (Wildman–Crippen LogP) is 1.31. The van der Waals surface area contributed by atoms with Crippen LogP contribution in [0.25, 0.3) is 0 Å². The summed E-state index contributed by atoms with van der Waals surface area (Å²) in [5, 5.41) is 29.7. The summed E-state index contributed by atoms with van der Waals surface area (Å²) in [6.07, 6.45) is 1.34. The summed E-state index contributed by atoms with van der Waals surface area (Å²) < 4.78 is 1.41. The van der Waals surface area contributed by atoms with Crippen LogP contribution < -0.4 is 5.32 Å². The van der Waals surface area contributed by atoms with Crippen molar-refractivity contribution in [2.45, 2.75) is 13.5 Å². The fraction of sp³-hybridized carbons (Fsp3) is 0.250. The predicted molar refractivity (Wildman–Crippen MR) is 73.3 cm³/mol. The molecule has 0 aliphatic rings. The van der Waals surface area contributed by atoms with Crippen LogP contribution in [0.2, 0.25) is 0 Å². The largest absolute Gasteiger partial charge is 0.476 e. The van der Waals surface area contributed by atoms with Crippen molar-refractivity contribution < 1.29 is 14.8 Å². The summed E-state index contributed by atoms with van der Waals surface area (Å²) in [7, 11) is 0. The third-order valence-corrected chi connectivity index (χ3v) is 2.83. The number of nitro groups is 1. The average molecular weight is 291 g/mol. The Morgan fingerprint density at radius 2 is 2.29 bits per heavy atom. The van der Waals surface area contributed by atoms with E-state index in [4.69, 9.17) is 5.11 Å². The molecule has 0 radical (unpaired) electrons. The second-order valence-corrected chi connectivity index (χ2v) is 4.36. The van der Waals surface area contributed by atoms with E-state index in [0.29, 0.717) is 13.1 Å². The van der Waals surface area contributed by atoms with Crippen LogP contribution in [0.4, 0.5) is 11.4 Å². The fourth-order valence-electron chi connectivity index (χ4n) is 1.77. The first-order valence-electron chi connectivity index (χ1n) is 6.09. The van der Waals surface area contributed by atoms with Gasteiger partial charge in [-0.05, 0) is 18.6 Å². The van der Waals surface area contributed by atoms with Gasteiger partial charge in [-0.1, -0.05) is 5.21 Å². The van der Waals surface area contributed by atoms with Crippen molar-refractivity contribution >= 4 is 17.3 Å². The Bertz CT molecular complexity index is 682. The van der Waals surface area contributed by atoms with E-state index >= 15 is 0 Å². The molecule has 9 nitrogen and oxygen atoms in total. The molecule has 0 unspecified atom stereocenters. The lowest BCUT2D eigenvalue weighted by molar-refractivity contribution is -0.384. The van der Waals surface area contributed by atoms with Gasteiger partial charge in [0.25, 0.3) is 5.69 Å². The average Bonchev–Trinajstić information content (AvgIpc) is 2.89. The SMILES string of the molecule is Cc1cc([N+](=O)[O-])ccc1NCCn1cc(C(=O)O)nn1. The minimum atomic E-state index is -1.12. The van der Waals surface area contributed by atoms with E-state index in [1.165, 1.54) is 23.0 Å². The van der Waals surface area contributed by atoms with E-state index in [1.54, 1.807) is 13.0 Å². The third kappa shape index (κ3) is 3.53. The van der Waals surface area contributed by atoms with Crippen molar-refractivity contribution in [3.63, 3.8) is 0 Å². The molecule has 21 heavy (non-hydrogen) atoms. The Hall–Kier alpha value is -2.97. The lowest BCUT2D eigenvalue weighted by Crippen LogP contribution is -2.11. The molecular weight excluding hydrogens is 278 g/mol. The van der Waals surface area contributed by atoms with Gasteiger partial charge in [0.1, 0.15) is 0 Å². The van der Waals surface area contributed by atoms with Gasteiger partial charge in [0.05, 0.1) is 17.7 Å². The molecule has 110 valence electrons. The second-order valence-electron chi connectivity index (χ2n) is 4.36. The van der Waals surface area contributed by atoms with E-state index in [9.17, 15) is 14.9 Å². The number of aryl methyl sites for hydroxylation is 1. The summed E-state index contributed by atoms with van der Waals surface area (Å²) in [6, 6.07) is 4.55. The van der Waals surface area contributed by atoms with Crippen molar-refractivity contribution in [3.05, 3.63) is 45.8 Å². The number of nitro benzene ring substituents is 1. The van der Waals surface area contributed by atoms with E-state index in [2.05, 4.69) is 15.6 Å². The molecule has 0 aliphatic carbocycles. The Morgan fingerprint density at radius 1 is 1.52 bits per heavy atom. The molecule has 0 saturated carbocycles. The Labute approximate surface area is 119 Å². The van der Waals surface area contributed by atoms with Gasteiger partial charge < -0.3 is 10.4 Å². The lowest BCUT2D eigenvalue weighted by atomic mass is 10.2. The number of anilines is 1. The molecular formula is C12H13N5O4. The molecule has 0 amide bonds. The highest BCUT2D eigenvalue weighted by Crippen LogP contribution is 2.20. The zero-order valence-electron chi connectivity index (χ0n) is 11.2. The Kier molecular flexibility index (Phi) is 4.12. The van der Waals surface area contributed by atoms with E-state index < -0.39 is 10.9 Å². The highest BCUT2D eigenvalue weighted by atomic mass is 16.6. The van der Waals surface area contributed by atoms with Gasteiger partial charge >= 0.3 is 5.97 Å². The number of carboxylic acid groups (broad SMARTS) is 1. The maximum atomic E-state index is 10.7. The normalized spacial score (nSPS) is 10.3. The quantitative estimate of drug-likeness (QED) is 0.607. The summed E-state index contributed by atoms with van der Waals surface area (Å²) in [5.74, 6) is -1.12. The lowest BCUT2D eigenvalue weighted by Gasteiger charge is -2.08. The van der Waals surface area contributed by atoms with Crippen LogP contribution in [0.15, 0.2) is 24.4 Å². The number of hydrogen-bond acceptors (Lipinski definition) is 6. The molecule has 2 rings (SSSR count). The molecule has 1 aromatic carbocycles. The zero-order valence-corrected chi connectivity index (χ0v) is 11.2. The first-order valence-corrected chi connectivity index (χ1v) is 6.09. The smallest absolute Gasteiger partial charge is 0.358 e. The molecule has 0 bridgehead atoms. The van der Waals surface area contributed by atoms with Crippen LogP contribution >= 0.6 is 0 Å². The zero-order chi connectivity index (χ0) is 15.4. The van der Waals surface area contributed by atoms with Crippen LogP contribution in [0, 0.1) is 17.0 Å². The number of carbonyl (C=O) groups is 1. The van der Waals surface area contributed by atoms with Crippen LogP contribution in [0.3, 0.4) is 0 Å². The maximum absolute atomic E-state index is 10.7. The van der Waals surface area contributed by atoms with Gasteiger partial charge in [-0.2, -0.15) is 0 Å². The van der Waals surface area contributed by atoms with E-state index in [1.807, 2.05) is 0 Å². The van der Waals surface area contributed by atoms with Crippen LogP contribution in [-0.4, -0.2) is 37.5 Å². The van der Waals surface area contributed by atoms with Gasteiger partial charge in [-0.15, -0.1) is 5.10 Å². The number of non-ortho nitro benzene ring substituents is 1. The minimum Gasteiger partial charge on any atom is -0.476 e.